The van der Waals surface area contributed by atoms with E-state index in [1.807, 2.05) is 0 Å². The Balaban J connectivity index is 4.35. The van der Waals surface area contributed by atoms with Crippen molar-refractivity contribution >= 4 is 9.84 Å². The highest BCUT2D eigenvalue weighted by molar-refractivity contribution is 7.94. The number of sulfone groups is 1. The van der Waals surface area contributed by atoms with Crippen LogP contribution in [0.25, 0.3) is 0 Å². The normalized spacial score (nSPS) is 14.9. The maximum Gasteiger partial charge on any atom is 0.197 e. The van der Waals surface area contributed by atoms with Crippen molar-refractivity contribution in [3.63, 3.8) is 0 Å². The molecule has 3 nitrogen and oxygen atoms in total. The second-order valence-electron chi connectivity index (χ2n) is 1.62. The molecule has 54 valence electrons. The van der Waals surface area contributed by atoms with E-state index in [1.165, 1.54) is 0 Å². The van der Waals surface area contributed by atoms with Crippen LogP contribution in [0.2, 0.25) is 0 Å². The summed E-state index contributed by atoms with van der Waals surface area (Å²) in [6, 6.07) is 0. The second kappa shape index (κ2) is 2.98. The second-order valence-corrected chi connectivity index (χ2v) is 3.67. The lowest BCUT2D eigenvalue weighted by atomic mass is 10.5. The molecule has 0 aliphatic carbocycles. The van der Waals surface area contributed by atoms with E-state index in [4.69, 9.17) is 5.11 Å². The Kier molecular flexibility index (Phi) is 2.87. The fraction of sp³-hybridized carbons (Fsp3) is 0.600. The summed E-state index contributed by atoms with van der Waals surface area (Å²) in [6.45, 7) is 4.64. The standard InChI is InChI=1S/C5H10O3S/c1-3-5(6)9(7,8)4-2/h4-6H,2-3H2,1H3. The highest BCUT2D eigenvalue weighted by atomic mass is 32.2. The van der Waals surface area contributed by atoms with E-state index in [9.17, 15) is 8.42 Å². The summed E-state index contributed by atoms with van der Waals surface area (Å²) < 4.78 is 21.1. The molecule has 4 heteroatoms. The maximum atomic E-state index is 10.6. The molecule has 0 fully saturated rings. The van der Waals surface area contributed by atoms with Crippen molar-refractivity contribution in [3.8, 4) is 0 Å². The lowest BCUT2D eigenvalue weighted by Gasteiger charge is -2.02. The zero-order valence-corrected chi connectivity index (χ0v) is 6.06. The minimum Gasteiger partial charge on any atom is -0.377 e. The minimum absolute atomic E-state index is 0.203. The lowest BCUT2D eigenvalue weighted by molar-refractivity contribution is 0.246. The molecule has 0 saturated carbocycles. The summed E-state index contributed by atoms with van der Waals surface area (Å²) in [5.74, 6) is 0. The van der Waals surface area contributed by atoms with Gasteiger partial charge in [-0.1, -0.05) is 13.5 Å². The fourth-order valence-corrected chi connectivity index (χ4v) is 1.03. The van der Waals surface area contributed by atoms with E-state index >= 15 is 0 Å². The van der Waals surface area contributed by atoms with Crippen LogP contribution in [-0.4, -0.2) is 19.0 Å². The minimum atomic E-state index is -3.43. The van der Waals surface area contributed by atoms with Gasteiger partial charge in [0.1, 0.15) is 0 Å². The molecule has 1 unspecified atom stereocenters. The zero-order chi connectivity index (χ0) is 7.49. The van der Waals surface area contributed by atoms with Gasteiger partial charge in [0.05, 0.1) is 0 Å². The molecule has 1 atom stereocenters. The smallest absolute Gasteiger partial charge is 0.197 e. The molecular weight excluding hydrogens is 140 g/mol. The summed E-state index contributed by atoms with van der Waals surface area (Å²) in [4.78, 5) is 0. The first kappa shape index (κ1) is 8.65. The monoisotopic (exact) mass is 150 g/mol. The first-order valence-electron chi connectivity index (χ1n) is 2.59. The van der Waals surface area contributed by atoms with E-state index in [0.29, 0.717) is 0 Å². The Hall–Kier alpha value is -0.350. The van der Waals surface area contributed by atoms with E-state index < -0.39 is 15.3 Å². The van der Waals surface area contributed by atoms with E-state index in [0.717, 1.165) is 5.41 Å². The summed E-state index contributed by atoms with van der Waals surface area (Å²) >= 11 is 0. The topological polar surface area (TPSA) is 54.4 Å². The third-order valence-electron chi connectivity index (χ3n) is 0.961. The Morgan fingerprint density at radius 2 is 2.22 bits per heavy atom. The third-order valence-corrected chi connectivity index (χ3v) is 2.52. The van der Waals surface area contributed by atoms with Crippen LogP contribution in [0.4, 0.5) is 0 Å². The highest BCUT2D eigenvalue weighted by Gasteiger charge is 2.15. The van der Waals surface area contributed by atoms with Gasteiger partial charge < -0.3 is 5.11 Å². The van der Waals surface area contributed by atoms with Gasteiger partial charge in [-0.3, -0.25) is 0 Å². The molecule has 0 bridgehead atoms. The highest BCUT2D eigenvalue weighted by Crippen LogP contribution is 2.02. The summed E-state index contributed by atoms with van der Waals surface area (Å²) in [5, 5.41) is 9.49. The summed E-state index contributed by atoms with van der Waals surface area (Å²) in [7, 11) is -3.43. The average molecular weight is 150 g/mol. The number of rotatable bonds is 3. The molecule has 0 aromatic heterocycles. The molecular formula is C5H10O3S. The van der Waals surface area contributed by atoms with Crippen LogP contribution in [0.1, 0.15) is 13.3 Å². The molecule has 0 aromatic rings. The van der Waals surface area contributed by atoms with Gasteiger partial charge in [-0.25, -0.2) is 8.42 Å². The van der Waals surface area contributed by atoms with Crippen LogP contribution >= 0.6 is 0 Å². The van der Waals surface area contributed by atoms with E-state index in [-0.39, 0.29) is 6.42 Å². The molecule has 0 radical (unpaired) electrons. The zero-order valence-electron chi connectivity index (χ0n) is 5.24. The van der Waals surface area contributed by atoms with Crippen LogP contribution in [0.5, 0.6) is 0 Å². The first-order valence-corrected chi connectivity index (χ1v) is 4.20. The Morgan fingerprint density at radius 3 is 2.33 bits per heavy atom. The average Bonchev–Trinajstić information content (AvgIpc) is 1.86. The van der Waals surface area contributed by atoms with Gasteiger partial charge in [-0.05, 0) is 6.42 Å². The number of aliphatic hydroxyl groups excluding tert-OH is 1. The fourth-order valence-electron chi connectivity index (χ4n) is 0.343. The predicted octanol–water partition coefficient (Wildman–Crippen LogP) is 0.273. The molecule has 0 aliphatic heterocycles. The molecule has 0 aliphatic rings. The molecule has 1 N–H and O–H groups in total. The van der Waals surface area contributed by atoms with Gasteiger partial charge in [-0.15, -0.1) is 0 Å². The van der Waals surface area contributed by atoms with Crippen molar-refractivity contribution in [2.24, 2.45) is 0 Å². The molecule has 9 heavy (non-hydrogen) atoms. The van der Waals surface area contributed by atoms with Crippen molar-refractivity contribution in [2.75, 3.05) is 0 Å². The Labute approximate surface area is 54.9 Å². The van der Waals surface area contributed by atoms with Crippen LogP contribution in [0.3, 0.4) is 0 Å². The van der Waals surface area contributed by atoms with Gasteiger partial charge in [0.25, 0.3) is 0 Å². The quantitative estimate of drug-likeness (QED) is 0.628. The van der Waals surface area contributed by atoms with Crippen LogP contribution < -0.4 is 0 Å². The molecule has 0 rings (SSSR count). The number of hydrogen-bond acceptors (Lipinski definition) is 3. The maximum absolute atomic E-state index is 10.6. The first-order chi connectivity index (χ1) is 4.04. The van der Waals surface area contributed by atoms with Crippen molar-refractivity contribution in [2.45, 2.75) is 18.8 Å². The summed E-state index contributed by atoms with van der Waals surface area (Å²) in [6.07, 6.45) is 0.203. The third kappa shape index (κ3) is 2.15. The van der Waals surface area contributed by atoms with Crippen molar-refractivity contribution in [3.05, 3.63) is 12.0 Å². The largest absolute Gasteiger partial charge is 0.377 e. The molecule has 0 heterocycles. The van der Waals surface area contributed by atoms with Crippen LogP contribution in [0.15, 0.2) is 12.0 Å². The number of hydrogen-bond donors (Lipinski definition) is 1. The molecule has 0 aromatic carbocycles. The van der Waals surface area contributed by atoms with E-state index in [1.54, 1.807) is 6.92 Å². The van der Waals surface area contributed by atoms with Gasteiger partial charge in [0.2, 0.25) is 0 Å². The molecule has 0 amide bonds. The SMILES string of the molecule is C=CS(=O)(=O)C(O)CC. The Bertz CT molecular complexity index is 180. The predicted molar refractivity (Wildman–Crippen MR) is 35.4 cm³/mol. The van der Waals surface area contributed by atoms with Crippen LogP contribution in [0, 0.1) is 0 Å². The van der Waals surface area contributed by atoms with Crippen LogP contribution in [-0.2, 0) is 9.84 Å². The lowest BCUT2D eigenvalue weighted by Crippen LogP contribution is -2.16. The molecule has 0 spiro atoms. The van der Waals surface area contributed by atoms with Crippen molar-refractivity contribution in [1.29, 1.82) is 0 Å². The number of aliphatic hydroxyl groups is 1. The summed E-state index contributed by atoms with van der Waals surface area (Å²) in [5.41, 5.74) is -1.28. The van der Waals surface area contributed by atoms with Gasteiger partial charge >= 0.3 is 0 Å². The molecule has 0 saturated heterocycles. The van der Waals surface area contributed by atoms with Gasteiger partial charge in [0, 0.05) is 5.41 Å². The van der Waals surface area contributed by atoms with Crippen molar-refractivity contribution in [1.82, 2.24) is 0 Å². The van der Waals surface area contributed by atoms with Crippen molar-refractivity contribution < 1.29 is 13.5 Å². The van der Waals surface area contributed by atoms with Gasteiger partial charge in [-0.2, -0.15) is 0 Å². The van der Waals surface area contributed by atoms with E-state index in [2.05, 4.69) is 6.58 Å². The Morgan fingerprint density at radius 1 is 1.78 bits per heavy atom. The van der Waals surface area contributed by atoms with Gasteiger partial charge in [0.15, 0.2) is 15.3 Å².